The maximum Gasteiger partial charge on any atom is 0.261 e. The Morgan fingerprint density at radius 3 is 2.21 bits per heavy atom. The zero-order chi connectivity index (χ0) is 21.0. The molecule has 1 fully saturated rings. The summed E-state index contributed by atoms with van der Waals surface area (Å²) < 4.78 is 10.7. The fourth-order valence-corrected chi connectivity index (χ4v) is 3.72. The van der Waals surface area contributed by atoms with Crippen molar-refractivity contribution < 1.29 is 19.1 Å². The Morgan fingerprint density at radius 2 is 1.62 bits per heavy atom. The van der Waals surface area contributed by atoms with E-state index in [1.807, 2.05) is 19.1 Å². The van der Waals surface area contributed by atoms with Crippen molar-refractivity contribution in [1.29, 1.82) is 0 Å². The molecule has 2 aromatic carbocycles. The maximum atomic E-state index is 13.1. The number of hydrogen-bond acceptors (Lipinski definition) is 4. The normalized spacial score (nSPS) is 14.4. The van der Waals surface area contributed by atoms with Crippen LogP contribution in [0.25, 0.3) is 0 Å². The molecule has 0 spiro atoms. The van der Waals surface area contributed by atoms with Gasteiger partial charge in [0, 0.05) is 29.7 Å². The number of carbonyl (C=O) groups excluding carboxylic acids is 2. The van der Waals surface area contributed by atoms with E-state index in [0.29, 0.717) is 48.0 Å². The van der Waals surface area contributed by atoms with Gasteiger partial charge in [-0.1, -0.05) is 23.7 Å². The van der Waals surface area contributed by atoms with Crippen molar-refractivity contribution in [3.8, 4) is 11.5 Å². The van der Waals surface area contributed by atoms with Crippen LogP contribution in [0.3, 0.4) is 0 Å². The first-order valence-corrected chi connectivity index (χ1v) is 9.90. The lowest BCUT2D eigenvalue weighted by Crippen LogP contribution is -2.41. The summed E-state index contributed by atoms with van der Waals surface area (Å²) in [5.74, 6) is 0.606. The van der Waals surface area contributed by atoms with Gasteiger partial charge in [0.15, 0.2) is 0 Å². The average molecular weight is 417 g/mol. The van der Waals surface area contributed by atoms with E-state index in [1.165, 1.54) is 14.2 Å². The third-order valence-corrected chi connectivity index (χ3v) is 5.73. The van der Waals surface area contributed by atoms with Crippen molar-refractivity contribution in [3.05, 3.63) is 52.5 Å². The fourth-order valence-electron chi connectivity index (χ4n) is 3.54. The second-order valence-electron chi connectivity index (χ2n) is 7.01. The summed E-state index contributed by atoms with van der Waals surface area (Å²) in [6.45, 7) is 2.86. The van der Waals surface area contributed by atoms with E-state index in [0.717, 1.165) is 11.3 Å². The standard InChI is InChI=1S/C22H25ClN2O4/c1-14-16(23)6-4-7-17(14)24-21(26)15-10-12-25(13-11-15)22(27)20-18(28-2)8-5-9-19(20)29-3/h4-9,15H,10-13H2,1-3H3,(H,24,26). The van der Waals surface area contributed by atoms with Crippen LogP contribution in [0.2, 0.25) is 5.02 Å². The van der Waals surface area contributed by atoms with Gasteiger partial charge in [-0.25, -0.2) is 0 Å². The lowest BCUT2D eigenvalue weighted by molar-refractivity contribution is -0.121. The Hall–Kier alpha value is -2.73. The number of likely N-dealkylation sites (tertiary alicyclic amines) is 1. The molecule has 2 aromatic rings. The molecular weight excluding hydrogens is 392 g/mol. The Kier molecular flexibility index (Phi) is 6.64. The molecule has 0 radical (unpaired) electrons. The molecule has 3 rings (SSSR count). The highest BCUT2D eigenvalue weighted by molar-refractivity contribution is 6.31. The van der Waals surface area contributed by atoms with E-state index in [1.54, 1.807) is 29.2 Å². The highest BCUT2D eigenvalue weighted by atomic mass is 35.5. The number of benzene rings is 2. The number of hydrogen-bond donors (Lipinski definition) is 1. The van der Waals surface area contributed by atoms with Gasteiger partial charge in [0.05, 0.1) is 14.2 Å². The van der Waals surface area contributed by atoms with Crippen LogP contribution in [0.4, 0.5) is 5.69 Å². The Bertz CT molecular complexity index is 885. The summed E-state index contributed by atoms with van der Waals surface area (Å²) in [5, 5.41) is 3.59. The summed E-state index contributed by atoms with van der Waals surface area (Å²) in [5.41, 5.74) is 1.98. The van der Waals surface area contributed by atoms with E-state index in [-0.39, 0.29) is 17.7 Å². The molecule has 154 valence electrons. The monoisotopic (exact) mass is 416 g/mol. The molecule has 6 nitrogen and oxygen atoms in total. The molecule has 0 atom stereocenters. The number of anilines is 1. The third-order valence-electron chi connectivity index (χ3n) is 5.32. The van der Waals surface area contributed by atoms with Crippen LogP contribution in [0, 0.1) is 12.8 Å². The summed E-state index contributed by atoms with van der Waals surface area (Å²) in [7, 11) is 3.06. The first-order valence-electron chi connectivity index (χ1n) is 9.52. The molecule has 1 aliphatic rings. The van der Waals surface area contributed by atoms with E-state index in [4.69, 9.17) is 21.1 Å². The second-order valence-corrected chi connectivity index (χ2v) is 7.41. The summed E-state index contributed by atoms with van der Waals surface area (Å²) in [4.78, 5) is 27.5. The van der Waals surface area contributed by atoms with Gasteiger partial charge in [-0.3, -0.25) is 9.59 Å². The predicted octanol–water partition coefficient (Wildman–Crippen LogP) is 4.16. The number of amides is 2. The molecule has 1 heterocycles. The maximum absolute atomic E-state index is 13.1. The van der Waals surface area contributed by atoms with Gasteiger partial charge < -0.3 is 19.7 Å². The van der Waals surface area contributed by atoms with Gasteiger partial charge in [-0.15, -0.1) is 0 Å². The Morgan fingerprint density at radius 1 is 1.03 bits per heavy atom. The number of nitrogens with zero attached hydrogens (tertiary/aromatic N) is 1. The molecule has 1 aliphatic heterocycles. The molecule has 1 saturated heterocycles. The van der Waals surface area contributed by atoms with Crippen molar-refractivity contribution in [2.45, 2.75) is 19.8 Å². The Labute approximate surface area is 175 Å². The highest BCUT2D eigenvalue weighted by Gasteiger charge is 2.30. The SMILES string of the molecule is COc1cccc(OC)c1C(=O)N1CCC(C(=O)Nc2cccc(Cl)c2C)CC1. The van der Waals surface area contributed by atoms with Crippen LogP contribution in [0.15, 0.2) is 36.4 Å². The van der Waals surface area contributed by atoms with Crippen LogP contribution < -0.4 is 14.8 Å². The highest BCUT2D eigenvalue weighted by Crippen LogP contribution is 2.31. The molecule has 7 heteroatoms. The largest absolute Gasteiger partial charge is 0.496 e. The topological polar surface area (TPSA) is 67.9 Å². The molecule has 0 aliphatic carbocycles. The molecule has 0 saturated carbocycles. The molecular formula is C22H25ClN2O4. The van der Waals surface area contributed by atoms with Gasteiger partial charge in [0.1, 0.15) is 17.1 Å². The average Bonchev–Trinajstić information content (AvgIpc) is 2.75. The lowest BCUT2D eigenvalue weighted by atomic mass is 9.95. The molecule has 0 unspecified atom stereocenters. The smallest absolute Gasteiger partial charge is 0.261 e. The number of halogens is 1. The minimum Gasteiger partial charge on any atom is -0.496 e. The number of carbonyl (C=O) groups is 2. The van der Waals surface area contributed by atoms with Gasteiger partial charge in [-0.05, 0) is 49.6 Å². The quantitative estimate of drug-likeness (QED) is 0.794. The number of piperidine rings is 1. The predicted molar refractivity (Wildman–Crippen MR) is 113 cm³/mol. The Balaban J connectivity index is 1.65. The van der Waals surface area contributed by atoms with Crippen LogP contribution >= 0.6 is 11.6 Å². The number of ether oxygens (including phenoxy) is 2. The lowest BCUT2D eigenvalue weighted by Gasteiger charge is -2.32. The number of nitrogens with one attached hydrogen (secondary N) is 1. The van der Waals surface area contributed by atoms with E-state index >= 15 is 0 Å². The minimum atomic E-state index is -0.156. The first kappa shape index (κ1) is 21.0. The number of methoxy groups -OCH3 is 2. The van der Waals surface area contributed by atoms with Crippen molar-refractivity contribution in [3.63, 3.8) is 0 Å². The summed E-state index contributed by atoms with van der Waals surface area (Å²) in [6.07, 6.45) is 1.18. The zero-order valence-corrected chi connectivity index (χ0v) is 17.6. The van der Waals surface area contributed by atoms with Crippen molar-refractivity contribution in [2.75, 3.05) is 32.6 Å². The zero-order valence-electron chi connectivity index (χ0n) is 16.8. The first-order chi connectivity index (χ1) is 14.0. The molecule has 1 N–H and O–H groups in total. The molecule has 0 bridgehead atoms. The van der Waals surface area contributed by atoms with Crippen LogP contribution in [0.5, 0.6) is 11.5 Å². The van der Waals surface area contributed by atoms with Crippen LogP contribution in [-0.2, 0) is 4.79 Å². The summed E-state index contributed by atoms with van der Waals surface area (Å²) >= 11 is 6.13. The van der Waals surface area contributed by atoms with Crippen molar-refractivity contribution >= 4 is 29.1 Å². The molecule has 29 heavy (non-hydrogen) atoms. The van der Waals surface area contributed by atoms with Crippen molar-refractivity contribution in [1.82, 2.24) is 4.90 Å². The van der Waals surface area contributed by atoms with Gasteiger partial charge in [-0.2, -0.15) is 0 Å². The van der Waals surface area contributed by atoms with E-state index < -0.39 is 0 Å². The van der Waals surface area contributed by atoms with Gasteiger partial charge in [0.25, 0.3) is 5.91 Å². The van der Waals surface area contributed by atoms with E-state index in [2.05, 4.69) is 5.32 Å². The van der Waals surface area contributed by atoms with Crippen molar-refractivity contribution in [2.24, 2.45) is 5.92 Å². The molecule has 0 aromatic heterocycles. The van der Waals surface area contributed by atoms with Gasteiger partial charge in [0.2, 0.25) is 5.91 Å². The number of rotatable bonds is 5. The van der Waals surface area contributed by atoms with Crippen LogP contribution in [-0.4, -0.2) is 44.0 Å². The van der Waals surface area contributed by atoms with E-state index in [9.17, 15) is 9.59 Å². The second kappa shape index (κ2) is 9.18. The molecule has 2 amide bonds. The minimum absolute atomic E-state index is 0.0441. The third kappa shape index (κ3) is 4.48. The fraction of sp³-hybridized carbons (Fsp3) is 0.364. The van der Waals surface area contributed by atoms with Gasteiger partial charge >= 0.3 is 0 Å². The summed E-state index contributed by atoms with van der Waals surface area (Å²) in [6, 6.07) is 10.7. The van der Waals surface area contributed by atoms with Crippen LogP contribution in [0.1, 0.15) is 28.8 Å².